The maximum Gasteiger partial charge on any atom is 0.126 e. The zero-order valence-corrected chi connectivity index (χ0v) is 12.7. The van der Waals surface area contributed by atoms with Gasteiger partial charge in [0, 0.05) is 9.50 Å². The first-order valence-corrected chi connectivity index (χ1v) is 7.03. The predicted octanol–water partition coefficient (Wildman–Crippen LogP) is 4.13. The van der Waals surface area contributed by atoms with Crippen molar-refractivity contribution < 1.29 is 8.78 Å². The Hall–Kier alpha value is -1.01. The molecule has 2 rings (SSSR count). The Labute approximate surface area is 129 Å². The molecule has 2 nitrogen and oxygen atoms in total. The maximum absolute atomic E-state index is 13.7. The molecule has 3 N–H and O–H groups in total. The van der Waals surface area contributed by atoms with Crippen molar-refractivity contribution in [3.63, 3.8) is 0 Å². The van der Waals surface area contributed by atoms with Gasteiger partial charge in [0.25, 0.3) is 0 Å². The first kappa shape index (κ1) is 15.4. The molecule has 0 spiro atoms. The second-order valence-corrected chi connectivity index (χ2v) is 5.62. The first-order chi connectivity index (χ1) is 9.51. The molecule has 1 unspecified atom stereocenters. The number of hydrogen-bond donors (Lipinski definition) is 2. The molecule has 0 bridgehead atoms. The summed E-state index contributed by atoms with van der Waals surface area (Å²) in [6, 6.07) is 8.23. The Kier molecular flexibility index (Phi) is 5.10. The minimum atomic E-state index is -0.479. The van der Waals surface area contributed by atoms with Crippen molar-refractivity contribution >= 4 is 27.5 Å². The van der Waals surface area contributed by atoms with E-state index in [9.17, 15) is 8.78 Å². The molecule has 106 valence electrons. The average Bonchev–Trinajstić information content (AvgIpc) is 2.40. The molecule has 0 heterocycles. The standard InChI is InChI=1S/C14H12BrClF2N2/c15-12-7-9(16)1-3-11(12)14(20-19)6-8-5-10(17)2-4-13(8)18/h1-5,7,14,20H,6,19H2. The van der Waals surface area contributed by atoms with Crippen LogP contribution in [0.1, 0.15) is 17.2 Å². The number of hydrogen-bond acceptors (Lipinski definition) is 2. The summed E-state index contributed by atoms with van der Waals surface area (Å²) >= 11 is 9.27. The molecule has 0 aliphatic carbocycles. The monoisotopic (exact) mass is 360 g/mol. The van der Waals surface area contributed by atoms with Gasteiger partial charge in [-0.25, -0.2) is 8.78 Å². The van der Waals surface area contributed by atoms with Crippen LogP contribution in [0.15, 0.2) is 40.9 Å². The van der Waals surface area contributed by atoms with E-state index in [1.54, 1.807) is 18.2 Å². The van der Waals surface area contributed by atoms with Crippen molar-refractivity contribution in [2.24, 2.45) is 5.84 Å². The first-order valence-electron chi connectivity index (χ1n) is 5.86. The van der Waals surface area contributed by atoms with E-state index in [4.69, 9.17) is 17.4 Å². The summed E-state index contributed by atoms with van der Waals surface area (Å²) in [5, 5.41) is 0.577. The van der Waals surface area contributed by atoms with Gasteiger partial charge in [-0.1, -0.05) is 33.6 Å². The van der Waals surface area contributed by atoms with E-state index in [-0.39, 0.29) is 18.0 Å². The van der Waals surface area contributed by atoms with Crippen molar-refractivity contribution in [2.45, 2.75) is 12.5 Å². The van der Waals surface area contributed by atoms with Gasteiger partial charge in [0.1, 0.15) is 11.6 Å². The Bertz CT molecular complexity index is 622. The topological polar surface area (TPSA) is 38.0 Å². The minimum absolute atomic E-state index is 0.223. The van der Waals surface area contributed by atoms with Crippen LogP contribution in [0.4, 0.5) is 8.78 Å². The third kappa shape index (κ3) is 3.55. The molecule has 0 saturated carbocycles. The fourth-order valence-electron chi connectivity index (χ4n) is 1.96. The molecule has 6 heteroatoms. The SMILES string of the molecule is NNC(Cc1cc(F)ccc1F)c1ccc(Cl)cc1Br. The van der Waals surface area contributed by atoms with Crippen LogP contribution in [0.25, 0.3) is 0 Å². The van der Waals surface area contributed by atoms with Gasteiger partial charge in [0.05, 0.1) is 6.04 Å². The van der Waals surface area contributed by atoms with Gasteiger partial charge in [-0.2, -0.15) is 0 Å². The molecule has 0 aliphatic rings. The van der Waals surface area contributed by atoms with Crippen LogP contribution in [0.2, 0.25) is 5.02 Å². The van der Waals surface area contributed by atoms with Crippen LogP contribution in [0, 0.1) is 11.6 Å². The summed E-state index contributed by atoms with van der Waals surface area (Å²) in [6.45, 7) is 0. The largest absolute Gasteiger partial charge is 0.271 e. The van der Waals surface area contributed by atoms with E-state index >= 15 is 0 Å². The second kappa shape index (κ2) is 6.63. The van der Waals surface area contributed by atoms with Crippen LogP contribution in [-0.2, 0) is 6.42 Å². The normalized spacial score (nSPS) is 12.4. The van der Waals surface area contributed by atoms with E-state index < -0.39 is 11.6 Å². The molecule has 0 radical (unpaired) electrons. The Morgan fingerprint density at radius 3 is 2.60 bits per heavy atom. The van der Waals surface area contributed by atoms with Gasteiger partial charge in [0.15, 0.2) is 0 Å². The molecule has 0 saturated heterocycles. The third-order valence-corrected chi connectivity index (χ3v) is 3.89. The van der Waals surface area contributed by atoms with E-state index in [2.05, 4.69) is 21.4 Å². The lowest BCUT2D eigenvalue weighted by Gasteiger charge is -2.18. The lowest BCUT2D eigenvalue weighted by atomic mass is 9.99. The van der Waals surface area contributed by atoms with E-state index in [0.29, 0.717) is 5.02 Å². The van der Waals surface area contributed by atoms with Crippen molar-refractivity contribution in [1.29, 1.82) is 0 Å². The van der Waals surface area contributed by atoms with Crippen LogP contribution >= 0.6 is 27.5 Å². The molecule has 1 atom stereocenters. The molecule has 20 heavy (non-hydrogen) atoms. The smallest absolute Gasteiger partial charge is 0.126 e. The highest BCUT2D eigenvalue weighted by Crippen LogP contribution is 2.29. The van der Waals surface area contributed by atoms with Crippen LogP contribution < -0.4 is 11.3 Å². The summed E-state index contributed by atoms with van der Waals surface area (Å²) in [6.07, 6.45) is 0.223. The molecule has 0 fully saturated rings. The molecular formula is C14H12BrClF2N2. The highest BCUT2D eigenvalue weighted by atomic mass is 79.9. The zero-order valence-electron chi connectivity index (χ0n) is 10.3. The fourth-order valence-corrected chi connectivity index (χ4v) is 2.92. The zero-order chi connectivity index (χ0) is 14.7. The number of hydrazine groups is 1. The van der Waals surface area contributed by atoms with Crippen LogP contribution in [-0.4, -0.2) is 0 Å². The van der Waals surface area contributed by atoms with E-state index in [1.807, 2.05) is 0 Å². The summed E-state index contributed by atoms with van der Waals surface area (Å²) in [4.78, 5) is 0. The number of benzene rings is 2. The van der Waals surface area contributed by atoms with Gasteiger partial charge >= 0.3 is 0 Å². The molecule has 2 aromatic rings. The lowest BCUT2D eigenvalue weighted by Crippen LogP contribution is -2.30. The summed E-state index contributed by atoms with van der Waals surface area (Å²) < 4.78 is 27.6. The van der Waals surface area contributed by atoms with Gasteiger partial charge in [-0.15, -0.1) is 0 Å². The minimum Gasteiger partial charge on any atom is -0.271 e. The number of nitrogens with two attached hydrogens (primary N) is 1. The molecule has 0 aliphatic heterocycles. The maximum atomic E-state index is 13.7. The highest BCUT2D eigenvalue weighted by Gasteiger charge is 2.16. The summed E-state index contributed by atoms with van der Waals surface area (Å²) in [7, 11) is 0. The van der Waals surface area contributed by atoms with E-state index in [0.717, 1.165) is 22.2 Å². The number of rotatable bonds is 4. The molecular weight excluding hydrogens is 350 g/mol. The fraction of sp³-hybridized carbons (Fsp3) is 0.143. The van der Waals surface area contributed by atoms with Crippen LogP contribution in [0.5, 0.6) is 0 Å². The predicted molar refractivity (Wildman–Crippen MR) is 79.3 cm³/mol. The number of nitrogens with one attached hydrogen (secondary N) is 1. The molecule has 0 aromatic heterocycles. The number of halogens is 4. The summed E-state index contributed by atoms with van der Waals surface area (Å²) in [5.41, 5.74) is 3.69. The Morgan fingerprint density at radius 1 is 1.20 bits per heavy atom. The third-order valence-electron chi connectivity index (χ3n) is 2.97. The Balaban J connectivity index is 2.31. The highest BCUT2D eigenvalue weighted by molar-refractivity contribution is 9.10. The van der Waals surface area contributed by atoms with Crippen molar-refractivity contribution in [3.8, 4) is 0 Å². The van der Waals surface area contributed by atoms with Crippen LogP contribution in [0.3, 0.4) is 0 Å². The molecule has 0 amide bonds. The van der Waals surface area contributed by atoms with Gasteiger partial charge < -0.3 is 0 Å². The quantitative estimate of drug-likeness (QED) is 0.635. The van der Waals surface area contributed by atoms with Gasteiger partial charge in [-0.3, -0.25) is 11.3 Å². The Morgan fingerprint density at radius 2 is 1.95 bits per heavy atom. The van der Waals surface area contributed by atoms with Gasteiger partial charge in [0.2, 0.25) is 0 Å². The molecule has 2 aromatic carbocycles. The lowest BCUT2D eigenvalue weighted by molar-refractivity contribution is 0.521. The van der Waals surface area contributed by atoms with Crippen molar-refractivity contribution in [2.75, 3.05) is 0 Å². The summed E-state index contributed by atoms with van der Waals surface area (Å²) in [5.74, 6) is 4.59. The average molecular weight is 362 g/mol. The van der Waals surface area contributed by atoms with Gasteiger partial charge in [-0.05, 0) is 47.9 Å². The second-order valence-electron chi connectivity index (χ2n) is 4.32. The van der Waals surface area contributed by atoms with E-state index in [1.165, 1.54) is 6.07 Å². The van der Waals surface area contributed by atoms with Crippen molar-refractivity contribution in [1.82, 2.24) is 5.43 Å². The van der Waals surface area contributed by atoms with Crippen molar-refractivity contribution in [3.05, 3.63) is 68.7 Å².